The van der Waals surface area contributed by atoms with E-state index in [4.69, 9.17) is 19.9 Å². The van der Waals surface area contributed by atoms with Crippen LogP contribution >= 0.6 is 0 Å². The number of likely N-dealkylation sites (tertiary alicyclic amines) is 1. The van der Waals surface area contributed by atoms with Crippen LogP contribution in [0.15, 0.2) is 30.3 Å². The molecule has 4 N–H and O–H groups in total. The number of carbonyl (C=O) groups is 5. The van der Waals surface area contributed by atoms with Gasteiger partial charge in [0.25, 0.3) is 0 Å². The molecule has 2 rings (SSSR count). The Labute approximate surface area is 329 Å². The summed E-state index contributed by atoms with van der Waals surface area (Å²) in [6.07, 6.45) is 1.67. The monoisotopic (exact) mass is 775 g/mol. The topological polar surface area (TPSA) is 173 Å². The molecule has 1 aromatic carbocycles. The summed E-state index contributed by atoms with van der Waals surface area (Å²) >= 11 is 0. The second kappa shape index (κ2) is 23.3. The molecular formula is C41H70N6O8. The first kappa shape index (κ1) is 47.4. The molecule has 0 aromatic heterocycles. The van der Waals surface area contributed by atoms with E-state index in [1.165, 1.54) is 14.2 Å². The Balaban J connectivity index is 2.28. The number of nitrogens with two attached hydrogens (primary N) is 1. The molecule has 1 fully saturated rings. The maximum absolute atomic E-state index is 14.2. The summed E-state index contributed by atoms with van der Waals surface area (Å²) < 4.78 is 16.9. The van der Waals surface area contributed by atoms with Crippen LogP contribution in [0.3, 0.4) is 0 Å². The smallest absolute Gasteiger partial charge is 0.328 e. The van der Waals surface area contributed by atoms with E-state index in [-0.39, 0.29) is 54.5 Å². The number of urea groups is 1. The number of nitrogens with one attached hydrogen (secondary N) is 2. The number of nitrogens with zero attached hydrogens (tertiary/aromatic N) is 3. The van der Waals surface area contributed by atoms with E-state index in [1.54, 1.807) is 35.8 Å². The molecule has 1 heterocycles. The molecular weight excluding hydrogens is 704 g/mol. The first-order valence-electron chi connectivity index (χ1n) is 19.9. The maximum atomic E-state index is 14.2. The van der Waals surface area contributed by atoms with Gasteiger partial charge in [0.2, 0.25) is 17.7 Å². The van der Waals surface area contributed by atoms with Gasteiger partial charge in [-0.25, -0.2) is 9.59 Å². The molecule has 0 aliphatic carbocycles. The molecule has 5 amide bonds. The number of ether oxygens (including phenoxy) is 3. The van der Waals surface area contributed by atoms with E-state index in [0.717, 1.165) is 18.4 Å². The van der Waals surface area contributed by atoms with Crippen molar-refractivity contribution in [3.63, 3.8) is 0 Å². The molecule has 1 unspecified atom stereocenters. The number of amides is 5. The van der Waals surface area contributed by atoms with Gasteiger partial charge in [-0.15, -0.1) is 0 Å². The van der Waals surface area contributed by atoms with E-state index < -0.39 is 48.3 Å². The lowest BCUT2D eigenvalue weighted by Crippen LogP contribution is -2.59. The predicted octanol–water partition coefficient (Wildman–Crippen LogP) is 3.60. The fourth-order valence-electron chi connectivity index (χ4n) is 7.60. The molecule has 0 spiro atoms. The van der Waals surface area contributed by atoms with Gasteiger partial charge >= 0.3 is 12.0 Å². The van der Waals surface area contributed by atoms with Crippen LogP contribution in [-0.4, -0.2) is 135 Å². The van der Waals surface area contributed by atoms with Gasteiger partial charge in [0.1, 0.15) is 12.1 Å². The van der Waals surface area contributed by atoms with Gasteiger partial charge < -0.3 is 45.3 Å². The van der Waals surface area contributed by atoms with Crippen molar-refractivity contribution in [3.05, 3.63) is 35.9 Å². The summed E-state index contributed by atoms with van der Waals surface area (Å²) in [5.41, 5.74) is 6.59. The molecule has 312 valence electrons. The van der Waals surface area contributed by atoms with Crippen LogP contribution in [0, 0.1) is 17.8 Å². The van der Waals surface area contributed by atoms with Gasteiger partial charge in [-0.05, 0) is 57.1 Å². The highest BCUT2D eigenvalue weighted by Crippen LogP contribution is 2.30. The molecule has 0 bridgehead atoms. The highest BCUT2D eigenvalue weighted by atomic mass is 16.5. The largest absolute Gasteiger partial charge is 0.467 e. The molecule has 1 aliphatic heterocycles. The molecule has 8 atom stereocenters. The maximum Gasteiger partial charge on any atom is 0.328 e. The Morgan fingerprint density at radius 1 is 0.964 bits per heavy atom. The van der Waals surface area contributed by atoms with E-state index in [2.05, 4.69) is 10.6 Å². The van der Waals surface area contributed by atoms with Gasteiger partial charge in [-0.1, -0.05) is 71.4 Å². The Morgan fingerprint density at radius 2 is 1.62 bits per heavy atom. The molecule has 14 nitrogen and oxygen atoms in total. The van der Waals surface area contributed by atoms with Crippen LogP contribution in [0.5, 0.6) is 0 Å². The van der Waals surface area contributed by atoms with E-state index in [9.17, 15) is 24.0 Å². The molecule has 1 aromatic rings. The van der Waals surface area contributed by atoms with Crippen molar-refractivity contribution in [1.29, 1.82) is 0 Å². The third-order valence-electron chi connectivity index (χ3n) is 11.0. The summed E-state index contributed by atoms with van der Waals surface area (Å²) in [7, 11) is 6.07. The molecule has 0 radical (unpaired) electrons. The normalized spacial score (nSPS) is 18.1. The molecule has 1 saturated heterocycles. The highest BCUT2D eigenvalue weighted by molar-refractivity contribution is 5.88. The number of carbonyl (C=O) groups excluding carboxylic acids is 5. The van der Waals surface area contributed by atoms with Crippen LogP contribution < -0.4 is 16.4 Å². The number of likely N-dealkylation sites (N-methyl/N-ethyl adjacent to an activating group) is 1. The van der Waals surface area contributed by atoms with Crippen molar-refractivity contribution in [2.75, 3.05) is 48.0 Å². The second-order valence-electron chi connectivity index (χ2n) is 15.5. The Hall–Kier alpha value is -3.75. The minimum atomic E-state index is -0.894. The summed E-state index contributed by atoms with van der Waals surface area (Å²) in [6, 6.07) is 6.39. The van der Waals surface area contributed by atoms with Gasteiger partial charge in [-0.2, -0.15) is 0 Å². The van der Waals surface area contributed by atoms with Gasteiger partial charge in [0.05, 0.1) is 43.7 Å². The summed E-state index contributed by atoms with van der Waals surface area (Å²) in [5, 5.41) is 5.84. The zero-order chi connectivity index (χ0) is 41.4. The van der Waals surface area contributed by atoms with E-state index in [0.29, 0.717) is 32.5 Å². The minimum absolute atomic E-state index is 0.00293. The summed E-state index contributed by atoms with van der Waals surface area (Å²) in [5.74, 6) is -2.33. The predicted molar refractivity (Wildman–Crippen MR) is 213 cm³/mol. The third-order valence-corrected chi connectivity index (χ3v) is 11.0. The standard InChI is InChI=1S/C41H70N6O8/c1-12-28(6)36(45(8)39(50)35(26(2)3)44-41(52)46(27(4)5)23-17-21-42)33(53-9)25-34(48)47-22-16-20-32(47)37(54-10)29(7)38(49)43-31(40(51)55-11)24-30-18-14-13-15-19-30/h13-15,18-19,26-29,31-33,35-37H,12,16-17,20-25,42H2,1-11H3,(H,43,49)(H,44,52)/t28-,29+,31?,32-,33+,35-,36-,37+/m0/s1. The summed E-state index contributed by atoms with van der Waals surface area (Å²) in [4.78, 5) is 73.3. The van der Waals surface area contributed by atoms with Gasteiger partial charge in [0, 0.05) is 46.8 Å². The highest BCUT2D eigenvalue weighted by Gasteiger charge is 2.43. The van der Waals surface area contributed by atoms with Crippen molar-refractivity contribution < 1.29 is 38.2 Å². The van der Waals surface area contributed by atoms with Crippen molar-refractivity contribution in [3.8, 4) is 0 Å². The number of rotatable bonds is 22. The number of hydrogen-bond acceptors (Lipinski definition) is 9. The zero-order valence-electron chi connectivity index (χ0n) is 35.2. The Bertz CT molecular complexity index is 1360. The summed E-state index contributed by atoms with van der Waals surface area (Å²) in [6.45, 7) is 14.8. The Kier molecular flexibility index (Phi) is 20.1. The van der Waals surface area contributed by atoms with E-state index >= 15 is 0 Å². The lowest BCUT2D eigenvalue weighted by molar-refractivity contribution is -0.148. The second-order valence-corrected chi connectivity index (χ2v) is 15.5. The SMILES string of the molecule is CC[C@H](C)[C@@H]([C@@H](CC(=O)N1CCC[C@H]1[C@H](OC)[C@@H](C)C(=O)NC(Cc1ccccc1)C(=O)OC)OC)N(C)C(=O)[C@@H](NC(=O)N(CCCN)C(C)C)C(C)C. The number of benzene rings is 1. The van der Waals surface area contributed by atoms with Crippen molar-refractivity contribution in [2.24, 2.45) is 23.5 Å². The van der Waals surface area contributed by atoms with Crippen molar-refractivity contribution >= 4 is 29.7 Å². The average molecular weight is 775 g/mol. The first-order chi connectivity index (χ1) is 26.1. The van der Waals surface area contributed by atoms with Crippen LogP contribution in [-0.2, 0) is 39.8 Å². The molecule has 1 aliphatic rings. The van der Waals surface area contributed by atoms with Crippen LogP contribution in [0.1, 0.15) is 86.1 Å². The lowest BCUT2D eigenvalue weighted by atomic mass is 9.89. The fourth-order valence-corrected chi connectivity index (χ4v) is 7.60. The zero-order valence-corrected chi connectivity index (χ0v) is 35.2. The molecule has 55 heavy (non-hydrogen) atoms. The van der Waals surface area contributed by atoms with Gasteiger partial charge in [-0.3, -0.25) is 14.4 Å². The first-order valence-corrected chi connectivity index (χ1v) is 19.9. The Morgan fingerprint density at radius 3 is 2.15 bits per heavy atom. The number of methoxy groups -OCH3 is 3. The van der Waals surface area contributed by atoms with Crippen LogP contribution in [0.4, 0.5) is 4.79 Å². The van der Waals surface area contributed by atoms with Gasteiger partial charge in [0.15, 0.2) is 0 Å². The van der Waals surface area contributed by atoms with E-state index in [1.807, 2.05) is 71.9 Å². The third kappa shape index (κ3) is 13.2. The minimum Gasteiger partial charge on any atom is -0.467 e. The van der Waals surface area contributed by atoms with Crippen LogP contribution in [0.25, 0.3) is 0 Å². The quantitative estimate of drug-likeness (QED) is 0.149. The van der Waals surface area contributed by atoms with Crippen LogP contribution in [0.2, 0.25) is 0 Å². The lowest BCUT2D eigenvalue weighted by Gasteiger charge is -2.41. The number of hydrogen-bond donors (Lipinski definition) is 3. The molecule has 14 heteroatoms. The fraction of sp³-hybridized carbons (Fsp3) is 0.732. The van der Waals surface area contributed by atoms with Crippen molar-refractivity contribution in [2.45, 2.75) is 129 Å². The number of esters is 1. The average Bonchev–Trinajstić information content (AvgIpc) is 3.65. The van der Waals surface area contributed by atoms with Crippen molar-refractivity contribution in [1.82, 2.24) is 25.3 Å². The molecule has 0 saturated carbocycles.